The van der Waals surface area contributed by atoms with E-state index in [0.717, 1.165) is 29.9 Å². The van der Waals surface area contributed by atoms with Crippen LogP contribution in [0, 0.1) is 0 Å². The fraction of sp³-hybridized carbons (Fsp3) is 0.278. The van der Waals surface area contributed by atoms with Gasteiger partial charge in [-0.15, -0.1) is 16.9 Å². The number of rotatable bonds is 4. The van der Waals surface area contributed by atoms with Gasteiger partial charge >= 0.3 is 6.18 Å². The molecule has 0 atom stereocenters. The topological polar surface area (TPSA) is 43.6 Å². The molecule has 0 saturated heterocycles. The third-order valence-electron chi connectivity index (χ3n) is 4.41. The summed E-state index contributed by atoms with van der Waals surface area (Å²) in [6.45, 7) is 0. The second-order valence-corrected chi connectivity index (χ2v) is 7.17. The molecule has 1 aromatic heterocycles. The third-order valence-corrected chi connectivity index (χ3v) is 5.40. The van der Waals surface area contributed by atoms with Crippen molar-refractivity contribution in [3.05, 3.63) is 65.0 Å². The molecule has 134 valence electrons. The molecule has 4 rings (SSSR count). The molecule has 8 heteroatoms. The van der Waals surface area contributed by atoms with Gasteiger partial charge in [-0.2, -0.15) is 17.9 Å². The molecule has 0 amide bonds. The zero-order valence-electron chi connectivity index (χ0n) is 13.7. The van der Waals surface area contributed by atoms with Crippen molar-refractivity contribution < 1.29 is 13.2 Å². The van der Waals surface area contributed by atoms with Crippen LogP contribution in [0.4, 0.5) is 13.2 Å². The van der Waals surface area contributed by atoms with E-state index in [1.54, 1.807) is 11.8 Å². The molecule has 0 radical (unpaired) electrons. The summed E-state index contributed by atoms with van der Waals surface area (Å²) < 4.78 is 39.6. The van der Waals surface area contributed by atoms with Crippen molar-refractivity contribution in [2.24, 2.45) is 0 Å². The summed E-state index contributed by atoms with van der Waals surface area (Å²) in [5.74, 6) is 1.13. The van der Waals surface area contributed by atoms with Crippen molar-refractivity contribution in [1.82, 2.24) is 20.2 Å². The Hall–Kier alpha value is -2.35. The van der Waals surface area contributed by atoms with Crippen molar-refractivity contribution >= 4 is 11.8 Å². The predicted molar refractivity (Wildman–Crippen MR) is 92.2 cm³/mol. The van der Waals surface area contributed by atoms with Crippen molar-refractivity contribution in [2.75, 3.05) is 0 Å². The molecule has 0 aliphatic heterocycles. The second-order valence-electron chi connectivity index (χ2n) is 6.12. The molecule has 0 saturated carbocycles. The fourth-order valence-electron chi connectivity index (χ4n) is 3.07. The summed E-state index contributed by atoms with van der Waals surface area (Å²) in [6, 6.07) is 11.3. The van der Waals surface area contributed by atoms with Gasteiger partial charge in [0, 0.05) is 4.90 Å². The standard InChI is InChI=1S/C18H15F3N4S/c19-18(20,21)14-5-7-15(8-6-14)25-17(22-23-24-25)11-26-16-9-4-12-2-1-3-13(12)10-16/h4-10H,1-3,11H2. The monoisotopic (exact) mass is 376 g/mol. The number of thioether (sulfide) groups is 1. The van der Waals surface area contributed by atoms with Crippen molar-refractivity contribution in [3.63, 3.8) is 0 Å². The van der Waals surface area contributed by atoms with E-state index in [1.165, 1.54) is 34.4 Å². The maximum Gasteiger partial charge on any atom is 0.416 e. The van der Waals surface area contributed by atoms with Gasteiger partial charge in [-0.25, -0.2) is 0 Å². The highest BCUT2D eigenvalue weighted by Crippen LogP contribution is 2.31. The number of halogens is 3. The number of hydrogen-bond acceptors (Lipinski definition) is 4. The highest BCUT2D eigenvalue weighted by atomic mass is 32.2. The van der Waals surface area contributed by atoms with Gasteiger partial charge in [-0.3, -0.25) is 0 Å². The lowest BCUT2D eigenvalue weighted by Gasteiger charge is -2.09. The lowest BCUT2D eigenvalue weighted by atomic mass is 10.1. The van der Waals surface area contributed by atoms with Gasteiger partial charge < -0.3 is 0 Å². The Morgan fingerprint density at radius 1 is 1.00 bits per heavy atom. The lowest BCUT2D eigenvalue weighted by Crippen LogP contribution is -2.06. The van der Waals surface area contributed by atoms with Crippen LogP contribution in [0.2, 0.25) is 0 Å². The van der Waals surface area contributed by atoms with Crippen LogP contribution in [0.1, 0.15) is 28.9 Å². The van der Waals surface area contributed by atoms with E-state index in [2.05, 4.69) is 33.7 Å². The summed E-state index contributed by atoms with van der Waals surface area (Å²) in [5, 5.41) is 11.6. The van der Waals surface area contributed by atoms with Gasteiger partial charge in [0.15, 0.2) is 5.82 Å². The summed E-state index contributed by atoms with van der Waals surface area (Å²) in [5.41, 5.74) is 2.64. The molecule has 1 aliphatic rings. The average molecular weight is 376 g/mol. The molecule has 2 aromatic carbocycles. The number of tetrazole rings is 1. The summed E-state index contributed by atoms with van der Waals surface area (Å²) >= 11 is 1.62. The Labute approximate surface area is 152 Å². The van der Waals surface area contributed by atoms with E-state index in [-0.39, 0.29) is 0 Å². The molecule has 0 bridgehead atoms. The number of benzene rings is 2. The van der Waals surface area contributed by atoms with Crippen LogP contribution in [0.15, 0.2) is 47.4 Å². The van der Waals surface area contributed by atoms with Crippen molar-refractivity contribution in [2.45, 2.75) is 36.1 Å². The first kappa shape index (κ1) is 17.1. The van der Waals surface area contributed by atoms with E-state index in [0.29, 0.717) is 17.3 Å². The van der Waals surface area contributed by atoms with Gasteiger partial charge in [0.25, 0.3) is 0 Å². The first-order valence-corrected chi connectivity index (χ1v) is 9.19. The average Bonchev–Trinajstić information content (AvgIpc) is 3.28. The lowest BCUT2D eigenvalue weighted by molar-refractivity contribution is -0.137. The number of fused-ring (bicyclic) bond motifs is 1. The highest BCUT2D eigenvalue weighted by Gasteiger charge is 2.30. The molecule has 3 aromatic rings. The maximum atomic E-state index is 12.7. The summed E-state index contributed by atoms with van der Waals surface area (Å²) in [7, 11) is 0. The SMILES string of the molecule is FC(F)(F)c1ccc(-n2nnnc2CSc2ccc3c(c2)CCC3)cc1. The van der Waals surface area contributed by atoms with Crippen LogP contribution in [0.25, 0.3) is 5.69 Å². The Bertz CT molecular complexity index is 919. The van der Waals surface area contributed by atoms with Crippen LogP contribution in [-0.2, 0) is 24.8 Å². The number of alkyl halides is 3. The Kier molecular flexibility index (Phi) is 4.44. The van der Waals surface area contributed by atoms with Crippen LogP contribution in [-0.4, -0.2) is 20.2 Å². The molecule has 0 spiro atoms. The molecule has 1 aliphatic carbocycles. The molecule has 4 nitrogen and oxygen atoms in total. The first-order valence-electron chi connectivity index (χ1n) is 8.20. The van der Waals surface area contributed by atoms with Crippen molar-refractivity contribution in [1.29, 1.82) is 0 Å². The van der Waals surface area contributed by atoms with Gasteiger partial charge in [-0.1, -0.05) is 6.07 Å². The smallest absolute Gasteiger partial charge is 0.196 e. The Balaban J connectivity index is 1.50. The molecule has 1 heterocycles. The number of aromatic nitrogens is 4. The van der Waals surface area contributed by atoms with E-state index in [9.17, 15) is 13.2 Å². The highest BCUT2D eigenvalue weighted by molar-refractivity contribution is 7.98. The maximum absolute atomic E-state index is 12.7. The zero-order chi connectivity index (χ0) is 18.1. The van der Waals surface area contributed by atoms with Crippen molar-refractivity contribution in [3.8, 4) is 5.69 Å². The molecule has 26 heavy (non-hydrogen) atoms. The minimum absolute atomic E-state index is 0.507. The predicted octanol–water partition coefficient (Wildman–Crippen LogP) is 4.46. The quantitative estimate of drug-likeness (QED) is 0.631. The van der Waals surface area contributed by atoms with Crippen LogP contribution < -0.4 is 0 Å². The number of hydrogen-bond donors (Lipinski definition) is 0. The van der Waals surface area contributed by atoms with Crippen LogP contribution in [0.5, 0.6) is 0 Å². The molecule has 0 unspecified atom stereocenters. The molecule has 0 fully saturated rings. The summed E-state index contributed by atoms with van der Waals surface area (Å²) in [6.07, 6.45) is -0.888. The Morgan fingerprint density at radius 3 is 2.54 bits per heavy atom. The third kappa shape index (κ3) is 3.46. The minimum Gasteiger partial charge on any atom is -0.196 e. The van der Waals surface area contributed by atoms with Crippen LogP contribution in [0.3, 0.4) is 0 Å². The number of nitrogens with zero attached hydrogens (tertiary/aromatic N) is 4. The normalized spacial score (nSPS) is 13.8. The zero-order valence-corrected chi connectivity index (χ0v) is 14.5. The van der Waals surface area contributed by atoms with Gasteiger partial charge in [0.1, 0.15) is 0 Å². The fourth-order valence-corrected chi connectivity index (χ4v) is 3.94. The van der Waals surface area contributed by atoms with E-state index in [4.69, 9.17) is 0 Å². The van der Waals surface area contributed by atoms with Crippen LogP contribution >= 0.6 is 11.8 Å². The minimum atomic E-state index is -4.36. The Morgan fingerprint density at radius 2 is 1.77 bits per heavy atom. The molecular formula is C18H15F3N4S. The molecule has 0 N–H and O–H groups in total. The van der Waals surface area contributed by atoms with E-state index >= 15 is 0 Å². The number of aryl methyl sites for hydroxylation is 2. The summed E-state index contributed by atoms with van der Waals surface area (Å²) in [4.78, 5) is 1.15. The second kappa shape index (κ2) is 6.75. The molecular weight excluding hydrogens is 361 g/mol. The van der Waals surface area contributed by atoms with Gasteiger partial charge in [0.05, 0.1) is 17.0 Å². The first-order chi connectivity index (χ1) is 12.5. The van der Waals surface area contributed by atoms with E-state index in [1.807, 2.05) is 0 Å². The largest absolute Gasteiger partial charge is 0.416 e. The van der Waals surface area contributed by atoms with Gasteiger partial charge in [-0.05, 0) is 77.2 Å². The van der Waals surface area contributed by atoms with E-state index < -0.39 is 11.7 Å². The van der Waals surface area contributed by atoms with Gasteiger partial charge in [0.2, 0.25) is 0 Å².